The number of likely N-dealkylation sites (N-methyl/N-ethyl adjacent to an activating group) is 1. The average Bonchev–Trinajstić information content (AvgIpc) is 3.42. The van der Waals surface area contributed by atoms with E-state index in [4.69, 9.17) is 0 Å². The summed E-state index contributed by atoms with van der Waals surface area (Å²) >= 11 is 0. The van der Waals surface area contributed by atoms with Gasteiger partial charge in [0, 0.05) is 60.1 Å². The third-order valence-electron chi connectivity index (χ3n) is 6.29. The molecule has 7 heteroatoms. The Kier molecular flexibility index (Phi) is 6.49. The number of anilines is 2. The van der Waals surface area contributed by atoms with Crippen LogP contribution in [-0.4, -0.2) is 46.8 Å². The maximum atomic E-state index is 12.9. The molecule has 33 heavy (non-hydrogen) atoms. The first-order valence-electron chi connectivity index (χ1n) is 11.6. The van der Waals surface area contributed by atoms with Crippen molar-refractivity contribution in [2.45, 2.75) is 40.2 Å². The molecule has 1 aliphatic rings. The first-order chi connectivity index (χ1) is 15.9. The lowest BCUT2D eigenvalue weighted by Crippen LogP contribution is -2.33. The van der Waals surface area contributed by atoms with Crippen LogP contribution in [0.25, 0.3) is 10.9 Å². The molecule has 0 bridgehead atoms. The Balaban J connectivity index is 1.48. The lowest BCUT2D eigenvalue weighted by molar-refractivity contribution is -0.131. The lowest BCUT2D eigenvalue weighted by atomic mass is 10.1. The number of hydrogen-bond donors (Lipinski definition) is 1. The second-order valence-corrected chi connectivity index (χ2v) is 8.23. The fraction of sp³-hybridized carbons (Fsp3) is 0.346. The summed E-state index contributed by atoms with van der Waals surface area (Å²) in [4.78, 5) is 41.0. The van der Waals surface area contributed by atoms with Crippen molar-refractivity contribution in [2.24, 2.45) is 0 Å². The molecule has 1 aliphatic heterocycles. The van der Waals surface area contributed by atoms with Crippen molar-refractivity contribution in [1.29, 1.82) is 0 Å². The highest BCUT2D eigenvalue weighted by Crippen LogP contribution is 2.30. The zero-order valence-electron chi connectivity index (χ0n) is 19.4. The van der Waals surface area contributed by atoms with Gasteiger partial charge in [0.2, 0.25) is 11.8 Å². The fourth-order valence-corrected chi connectivity index (χ4v) is 4.43. The number of amides is 3. The highest BCUT2D eigenvalue weighted by Gasteiger charge is 2.24. The predicted octanol–water partition coefficient (Wildman–Crippen LogP) is 4.06. The molecule has 172 valence electrons. The minimum Gasteiger partial charge on any atom is -0.342 e. The van der Waals surface area contributed by atoms with Crippen LogP contribution >= 0.6 is 0 Å². The molecule has 0 radical (unpaired) electrons. The number of aromatic nitrogens is 1. The Bertz CT molecular complexity index is 1210. The molecule has 1 aromatic heterocycles. The van der Waals surface area contributed by atoms with Gasteiger partial charge in [-0.3, -0.25) is 14.4 Å². The number of carbonyl (C=O) groups excluding carboxylic acids is 3. The number of carbonyl (C=O) groups is 3. The van der Waals surface area contributed by atoms with E-state index >= 15 is 0 Å². The number of rotatable bonds is 7. The van der Waals surface area contributed by atoms with Gasteiger partial charge in [-0.05, 0) is 68.3 Å². The average molecular weight is 447 g/mol. The van der Waals surface area contributed by atoms with Crippen molar-refractivity contribution in [3.63, 3.8) is 0 Å². The summed E-state index contributed by atoms with van der Waals surface area (Å²) in [6, 6.07) is 13.2. The number of nitrogens with zero attached hydrogens (tertiary/aromatic N) is 3. The quantitative estimate of drug-likeness (QED) is 0.595. The highest BCUT2D eigenvalue weighted by atomic mass is 16.2. The van der Waals surface area contributed by atoms with Gasteiger partial charge in [-0.2, -0.15) is 0 Å². The van der Waals surface area contributed by atoms with Crippen LogP contribution in [-0.2, 0) is 22.6 Å². The monoisotopic (exact) mass is 446 g/mol. The van der Waals surface area contributed by atoms with Crippen molar-refractivity contribution in [2.75, 3.05) is 29.9 Å². The molecule has 2 aromatic carbocycles. The van der Waals surface area contributed by atoms with Crippen LogP contribution < -0.4 is 10.2 Å². The molecule has 1 N–H and O–H groups in total. The van der Waals surface area contributed by atoms with Gasteiger partial charge in [-0.1, -0.05) is 6.92 Å². The summed E-state index contributed by atoms with van der Waals surface area (Å²) in [5, 5.41) is 3.93. The zero-order valence-corrected chi connectivity index (χ0v) is 19.4. The smallest absolute Gasteiger partial charge is 0.255 e. The van der Waals surface area contributed by atoms with E-state index in [0.717, 1.165) is 28.6 Å². The molecule has 0 fully saturated rings. The molecule has 2 heterocycles. The predicted molar refractivity (Wildman–Crippen MR) is 131 cm³/mol. The van der Waals surface area contributed by atoms with Gasteiger partial charge in [-0.15, -0.1) is 0 Å². The minimum atomic E-state index is -0.187. The van der Waals surface area contributed by atoms with Crippen molar-refractivity contribution < 1.29 is 14.4 Å². The summed E-state index contributed by atoms with van der Waals surface area (Å²) in [6.07, 6.45) is 3.13. The number of hydrogen-bond acceptors (Lipinski definition) is 3. The van der Waals surface area contributed by atoms with E-state index in [1.54, 1.807) is 11.0 Å². The molecular weight excluding hydrogens is 416 g/mol. The fourth-order valence-electron chi connectivity index (χ4n) is 4.43. The highest BCUT2D eigenvalue weighted by molar-refractivity contribution is 6.06. The van der Waals surface area contributed by atoms with Crippen molar-refractivity contribution in [3.05, 3.63) is 59.8 Å². The maximum Gasteiger partial charge on any atom is 0.255 e. The Morgan fingerprint density at radius 1 is 1.00 bits per heavy atom. The van der Waals surface area contributed by atoms with Crippen LogP contribution in [0.15, 0.2) is 48.7 Å². The van der Waals surface area contributed by atoms with E-state index in [0.29, 0.717) is 43.9 Å². The van der Waals surface area contributed by atoms with Crippen molar-refractivity contribution >= 4 is 40.0 Å². The summed E-state index contributed by atoms with van der Waals surface area (Å²) in [6.45, 7) is 8.16. The molecule has 3 aromatic rings. The summed E-state index contributed by atoms with van der Waals surface area (Å²) in [5.74, 6) is 0.00393. The third-order valence-corrected chi connectivity index (χ3v) is 6.29. The Morgan fingerprint density at radius 2 is 1.79 bits per heavy atom. The number of fused-ring (bicyclic) bond motifs is 2. The van der Waals surface area contributed by atoms with Crippen LogP contribution in [0.1, 0.15) is 43.1 Å². The molecule has 0 saturated heterocycles. The zero-order chi connectivity index (χ0) is 23.5. The second kappa shape index (κ2) is 9.48. The van der Waals surface area contributed by atoms with Crippen LogP contribution in [0.3, 0.4) is 0 Å². The largest absolute Gasteiger partial charge is 0.342 e. The van der Waals surface area contributed by atoms with Crippen LogP contribution in [0.4, 0.5) is 11.4 Å². The van der Waals surface area contributed by atoms with E-state index in [1.807, 2.05) is 72.8 Å². The van der Waals surface area contributed by atoms with Gasteiger partial charge in [0.25, 0.3) is 5.91 Å². The van der Waals surface area contributed by atoms with Gasteiger partial charge in [0.05, 0.1) is 0 Å². The van der Waals surface area contributed by atoms with E-state index in [-0.39, 0.29) is 17.7 Å². The lowest BCUT2D eigenvalue weighted by Gasteiger charge is -2.19. The molecule has 0 spiro atoms. The second-order valence-electron chi connectivity index (χ2n) is 8.23. The number of benzene rings is 2. The molecular formula is C26H30N4O3. The van der Waals surface area contributed by atoms with Crippen LogP contribution in [0.2, 0.25) is 0 Å². The Morgan fingerprint density at radius 3 is 2.52 bits per heavy atom. The molecule has 3 amide bonds. The van der Waals surface area contributed by atoms with Crippen LogP contribution in [0.5, 0.6) is 0 Å². The molecule has 4 rings (SSSR count). The summed E-state index contributed by atoms with van der Waals surface area (Å²) < 4.78 is 1.94. The third kappa shape index (κ3) is 4.49. The van der Waals surface area contributed by atoms with Crippen LogP contribution in [0, 0.1) is 0 Å². The number of nitrogens with one attached hydrogen (secondary N) is 1. The first-order valence-corrected chi connectivity index (χ1v) is 11.6. The Labute approximate surface area is 194 Å². The standard InChI is InChI=1S/C26H30N4O3/c1-4-24(31)30-14-12-18-15-20(7-9-23(18)30)26(33)27-21-8-10-22-19(16-21)11-13-29(22)17-25(32)28(5-2)6-3/h7-11,13,15-16H,4-6,12,14,17H2,1-3H3,(H,27,33). The normalized spacial score (nSPS) is 12.6. The maximum absolute atomic E-state index is 12.9. The summed E-state index contributed by atoms with van der Waals surface area (Å²) in [7, 11) is 0. The topological polar surface area (TPSA) is 74.6 Å². The first kappa shape index (κ1) is 22.6. The minimum absolute atomic E-state index is 0.0886. The van der Waals surface area contributed by atoms with E-state index < -0.39 is 0 Å². The van der Waals surface area contributed by atoms with Gasteiger partial charge in [-0.25, -0.2) is 0 Å². The van der Waals surface area contributed by atoms with Gasteiger partial charge in [0.15, 0.2) is 0 Å². The van der Waals surface area contributed by atoms with Gasteiger partial charge >= 0.3 is 0 Å². The molecule has 0 saturated carbocycles. The molecule has 7 nitrogen and oxygen atoms in total. The van der Waals surface area contributed by atoms with E-state index in [9.17, 15) is 14.4 Å². The Hall–Kier alpha value is -3.61. The molecule has 0 atom stereocenters. The van der Waals surface area contributed by atoms with E-state index in [2.05, 4.69) is 5.32 Å². The molecule has 0 aliphatic carbocycles. The summed E-state index contributed by atoms with van der Waals surface area (Å²) in [5.41, 5.74) is 4.15. The van der Waals surface area contributed by atoms with Crippen molar-refractivity contribution in [1.82, 2.24) is 9.47 Å². The SMILES string of the molecule is CCC(=O)N1CCc2cc(C(=O)Nc3ccc4c(ccn4CC(=O)N(CC)CC)c3)ccc21. The van der Waals surface area contributed by atoms with E-state index in [1.165, 1.54) is 0 Å². The molecule has 0 unspecified atom stereocenters. The van der Waals surface area contributed by atoms with Gasteiger partial charge < -0.3 is 19.7 Å². The van der Waals surface area contributed by atoms with Crippen molar-refractivity contribution in [3.8, 4) is 0 Å². The van der Waals surface area contributed by atoms with Gasteiger partial charge in [0.1, 0.15) is 6.54 Å².